The number of halogens is 5. The summed E-state index contributed by atoms with van der Waals surface area (Å²) in [6, 6.07) is 13.2. The van der Waals surface area contributed by atoms with Crippen LogP contribution in [0.4, 0.5) is 13.2 Å². The maximum Gasteiger partial charge on any atom is 0.417 e. The zero-order valence-corrected chi connectivity index (χ0v) is 14.5. The van der Waals surface area contributed by atoms with Gasteiger partial charge in [-0.05, 0) is 23.3 Å². The van der Waals surface area contributed by atoms with Gasteiger partial charge in [0.1, 0.15) is 0 Å². The fraction of sp³-hybridized carbons (Fsp3) is 0.250. The molecule has 0 heterocycles. The Morgan fingerprint density at radius 1 is 0.773 bits per heavy atom. The van der Waals surface area contributed by atoms with Crippen LogP contribution in [0.15, 0.2) is 57.5 Å². The summed E-state index contributed by atoms with van der Waals surface area (Å²) >= 11 is 6.46. The van der Waals surface area contributed by atoms with E-state index < -0.39 is 24.6 Å². The molecule has 0 amide bonds. The molecule has 0 saturated carbocycles. The lowest BCUT2D eigenvalue weighted by Crippen LogP contribution is -2.49. The molecule has 2 rings (SSSR count). The predicted molar refractivity (Wildman–Crippen MR) is 86.7 cm³/mol. The lowest BCUT2D eigenvalue weighted by molar-refractivity contribution is -0.259. The average Bonchev–Trinajstić information content (AvgIpc) is 2.43. The van der Waals surface area contributed by atoms with E-state index in [0.29, 0.717) is 20.1 Å². The zero-order chi connectivity index (χ0) is 16.4. The van der Waals surface area contributed by atoms with Crippen LogP contribution in [0.1, 0.15) is 11.1 Å². The number of alkyl halides is 3. The van der Waals surface area contributed by atoms with E-state index in [1.54, 1.807) is 48.5 Å². The molecule has 1 nitrogen and oxygen atoms in total. The fourth-order valence-corrected chi connectivity index (χ4v) is 3.03. The smallest absolute Gasteiger partial charge is 0.380 e. The third-order valence-corrected chi connectivity index (χ3v) is 4.96. The summed E-state index contributed by atoms with van der Waals surface area (Å²) in [7, 11) is 0. The summed E-state index contributed by atoms with van der Waals surface area (Å²) in [5.41, 5.74) is -2.01. The second-order valence-corrected chi connectivity index (χ2v) is 6.77. The number of aliphatic hydroxyl groups is 1. The molecular formula is C16H13Br2F3O. The number of benzene rings is 2. The third kappa shape index (κ3) is 3.91. The predicted octanol–water partition coefficient (Wildman–Crippen LogP) is 5.29. The Morgan fingerprint density at radius 3 is 1.45 bits per heavy atom. The molecular weight excluding hydrogens is 425 g/mol. The van der Waals surface area contributed by atoms with Crippen molar-refractivity contribution in [3.63, 3.8) is 0 Å². The molecule has 0 aliphatic heterocycles. The van der Waals surface area contributed by atoms with Crippen LogP contribution in [0, 0.1) is 0 Å². The largest absolute Gasteiger partial charge is 0.417 e. The maximum absolute atomic E-state index is 13.5. The lowest BCUT2D eigenvalue weighted by atomic mass is 9.87. The van der Waals surface area contributed by atoms with Crippen LogP contribution in [0.25, 0.3) is 0 Å². The summed E-state index contributed by atoms with van der Waals surface area (Å²) in [6.07, 6.45) is -5.77. The highest BCUT2D eigenvalue weighted by Gasteiger charge is 2.53. The summed E-state index contributed by atoms with van der Waals surface area (Å²) in [4.78, 5) is 0. The van der Waals surface area contributed by atoms with Crippen molar-refractivity contribution < 1.29 is 18.3 Å². The monoisotopic (exact) mass is 436 g/mol. The molecule has 0 saturated heterocycles. The van der Waals surface area contributed by atoms with Gasteiger partial charge in [-0.1, -0.05) is 68.3 Å². The van der Waals surface area contributed by atoms with Gasteiger partial charge in [-0.3, -0.25) is 0 Å². The van der Waals surface area contributed by atoms with Gasteiger partial charge in [-0.15, -0.1) is 0 Å². The van der Waals surface area contributed by atoms with Gasteiger partial charge in [-0.2, -0.15) is 13.2 Å². The van der Waals surface area contributed by atoms with E-state index in [1.807, 2.05) is 0 Å². The highest BCUT2D eigenvalue weighted by molar-refractivity contribution is 9.10. The first-order valence-electron chi connectivity index (χ1n) is 6.49. The molecule has 0 bridgehead atoms. The van der Waals surface area contributed by atoms with Crippen molar-refractivity contribution in [2.75, 3.05) is 0 Å². The van der Waals surface area contributed by atoms with E-state index >= 15 is 0 Å². The molecule has 0 aromatic heterocycles. The van der Waals surface area contributed by atoms with Crippen molar-refractivity contribution >= 4 is 31.9 Å². The quantitative estimate of drug-likeness (QED) is 0.688. The van der Waals surface area contributed by atoms with E-state index in [2.05, 4.69) is 31.9 Å². The van der Waals surface area contributed by atoms with E-state index in [4.69, 9.17) is 0 Å². The molecule has 22 heavy (non-hydrogen) atoms. The van der Waals surface area contributed by atoms with Crippen molar-refractivity contribution in [2.45, 2.75) is 24.6 Å². The molecule has 2 aromatic rings. The molecule has 2 aromatic carbocycles. The highest BCUT2D eigenvalue weighted by atomic mass is 79.9. The molecule has 0 unspecified atom stereocenters. The van der Waals surface area contributed by atoms with Gasteiger partial charge >= 0.3 is 6.18 Å². The highest BCUT2D eigenvalue weighted by Crippen LogP contribution is 2.38. The van der Waals surface area contributed by atoms with Crippen LogP contribution in [-0.4, -0.2) is 16.9 Å². The first-order chi connectivity index (χ1) is 10.2. The minimum absolute atomic E-state index is 0.411. The second-order valence-electron chi connectivity index (χ2n) is 5.07. The molecule has 0 aliphatic carbocycles. The minimum atomic E-state index is -4.74. The SMILES string of the molecule is OC(Cc1ccccc1Br)(Cc1ccccc1Br)C(F)(F)F. The van der Waals surface area contributed by atoms with E-state index in [-0.39, 0.29) is 0 Å². The molecule has 0 spiro atoms. The summed E-state index contributed by atoms with van der Waals surface area (Å²) < 4.78 is 41.5. The summed E-state index contributed by atoms with van der Waals surface area (Å²) in [6.45, 7) is 0. The standard InChI is InChI=1S/C16H13Br2F3O/c17-13-7-3-1-5-11(13)9-15(22,16(19,20)21)10-12-6-2-4-8-14(12)18/h1-8,22H,9-10H2. The molecule has 6 heteroatoms. The molecule has 118 valence electrons. The van der Waals surface area contributed by atoms with Crippen molar-refractivity contribution in [1.29, 1.82) is 0 Å². The molecule has 0 fully saturated rings. The van der Waals surface area contributed by atoms with Gasteiger partial charge in [0, 0.05) is 21.8 Å². The van der Waals surface area contributed by atoms with Gasteiger partial charge in [0.05, 0.1) is 0 Å². The van der Waals surface area contributed by atoms with Crippen molar-refractivity contribution in [2.24, 2.45) is 0 Å². The first-order valence-corrected chi connectivity index (χ1v) is 8.07. The Morgan fingerprint density at radius 2 is 1.14 bits per heavy atom. The number of hydrogen-bond donors (Lipinski definition) is 1. The van der Waals surface area contributed by atoms with Gasteiger partial charge < -0.3 is 5.11 Å². The number of hydrogen-bond acceptors (Lipinski definition) is 1. The molecule has 0 radical (unpaired) electrons. The van der Waals surface area contributed by atoms with Crippen LogP contribution in [-0.2, 0) is 12.8 Å². The van der Waals surface area contributed by atoms with E-state index in [1.165, 1.54) is 0 Å². The Labute approximate surface area is 143 Å². The van der Waals surface area contributed by atoms with Crippen LogP contribution in [0.2, 0.25) is 0 Å². The van der Waals surface area contributed by atoms with Gasteiger partial charge in [0.25, 0.3) is 0 Å². The molecule has 0 aliphatic rings. The number of rotatable bonds is 4. The normalized spacial score (nSPS) is 12.5. The van der Waals surface area contributed by atoms with Crippen molar-refractivity contribution in [3.05, 3.63) is 68.6 Å². The van der Waals surface area contributed by atoms with Crippen molar-refractivity contribution in [1.82, 2.24) is 0 Å². The Hall–Kier alpha value is -0.850. The molecule has 0 atom stereocenters. The van der Waals surface area contributed by atoms with Crippen LogP contribution < -0.4 is 0 Å². The van der Waals surface area contributed by atoms with Gasteiger partial charge in [-0.25, -0.2) is 0 Å². The topological polar surface area (TPSA) is 20.2 Å². The fourth-order valence-electron chi connectivity index (χ4n) is 2.18. The van der Waals surface area contributed by atoms with Crippen LogP contribution in [0.3, 0.4) is 0 Å². The Kier molecular flexibility index (Phi) is 5.35. The van der Waals surface area contributed by atoms with Crippen molar-refractivity contribution in [3.8, 4) is 0 Å². The minimum Gasteiger partial charge on any atom is -0.380 e. The average molecular weight is 438 g/mol. The lowest BCUT2D eigenvalue weighted by Gasteiger charge is -2.31. The zero-order valence-electron chi connectivity index (χ0n) is 11.4. The van der Waals surface area contributed by atoms with Gasteiger partial charge in [0.15, 0.2) is 5.60 Å². The maximum atomic E-state index is 13.5. The van der Waals surface area contributed by atoms with Gasteiger partial charge in [0.2, 0.25) is 0 Å². The van der Waals surface area contributed by atoms with E-state index in [9.17, 15) is 18.3 Å². The summed E-state index contributed by atoms with van der Waals surface area (Å²) in [5.74, 6) is 0. The van der Waals surface area contributed by atoms with E-state index in [0.717, 1.165) is 0 Å². The van der Waals surface area contributed by atoms with Crippen LogP contribution >= 0.6 is 31.9 Å². The first kappa shape index (κ1) is 17.5. The van der Waals surface area contributed by atoms with Crippen LogP contribution in [0.5, 0.6) is 0 Å². The summed E-state index contributed by atoms with van der Waals surface area (Å²) in [5, 5.41) is 10.3. The second kappa shape index (κ2) is 6.72. The Bertz CT molecular complexity index is 608. The molecule has 1 N–H and O–H groups in total. The Balaban J connectivity index is 2.37. The third-order valence-electron chi connectivity index (χ3n) is 3.41.